The van der Waals surface area contributed by atoms with Crippen molar-refractivity contribution in [1.82, 2.24) is 4.90 Å². The molecule has 0 atom stereocenters. The number of imide groups is 1. The summed E-state index contributed by atoms with van der Waals surface area (Å²) in [6, 6.07) is 17.5. The average molecular weight is 531 g/mol. The standard InChI is InChI=1S/C25H17Cl2FN2O4S/c26-17-6-2-4-8-20(17)29-23(31)14-34-21-10-9-15(11-18(21)27)12-22-24(32)30(25(33)35-22)13-16-5-1-3-7-19(16)28/h1-12H,13-14H2,(H,29,31)/b22-12-. The van der Waals surface area contributed by atoms with E-state index >= 15 is 0 Å². The minimum Gasteiger partial charge on any atom is -0.482 e. The quantitative estimate of drug-likeness (QED) is 0.358. The van der Waals surface area contributed by atoms with Crippen molar-refractivity contribution in [2.75, 3.05) is 11.9 Å². The number of carbonyl (C=O) groups is 3. The molecule has 0 aliphatic carbocycles. The monoisotopic (exact) mass is 530 g/mol. The largest absolute Gasteiger partial charge is 0.482 e. The predicted octanol–water partition coefficient (Wildman–Crippen LogP) is 6.39. The van der Waals surface area contributed by atoms with Crippen LogP contribution in [-0.4, -0.2) is 28.6 Å². The van der Waals surface area contributed by atoms with E-state index in [4.69, 9.17) is 27.9 Å². The van der Waals surface area contributed by atoms with Crippen LogP contribution in [0.4, 0.5) is 14.9 Å². The number of para-hydroxylation sites is 1. The first-order valence-electron chi connectivity index (χ1n) is 10.3. The molecule has 0 saturated carbocycles. The van der Waals surface area contributed by atoms with Crippen LogP contribution in [0.15, 0.2) is 71.6 Å². The molecule has 1 aliphatic heterocycles. The summed E-state index contributed by atoms with van der Waals surface area (Å²) >= 11 is 13.1. The molecule has 35 heavy (non-hydrogen) atoms. The molecule has 6 nitrogen and oxygen atoms in total. The Bertz CT molecular complexity index is 1350. The second kappa shape index (κ2) is 10.9. The van der Waals surface area contributed by atoms with Gasteiger partial charge in [-0.25, -0.2) is 4.39 Å². The number of halogens is 3. The number of benzene rings is 3. The Balaban J connectivity index is 1.40. The van der Waals surface area contributed by atoms with Crippen molar-refractivity contribution in [1.29, 1.82) is 0 Å². The van der Waals surface area contributed by atoms with Crippen LogP contribution in [0.25, 0.3) is 6.08 Å². The normalized spacial score (nSPS) is 14.5. The molecular formula is C25H17Cl2FN2O4S. The summed E-state index contributed by atoms with van der Waals surface area (Å²) in [5, 5.41) is 2.78. The number of anilines is 1. The van der Waals surface area contributed by atoms with E-state index in [1.807, 2.05) is 0 Å². The van der Waals surface area contributed by atoms with E-state index in [9.17, 15) is 18.8 Å². The second-order valence-corrected chi connectivity index (χ2v) is 9.17. The molecule has 10 heteroatoms. The molecule has 1 fully saturated rings. The Morgan fingerprint density at radius 2 is 1.77 bits per heavy atom. The van der Waals surface area contributed by atoms with Gasteiger partial charge in [0, 0.05) is 5.56 Å². The van der Waals surface area contributed by atoms with E-state index in [-0.39, 0.29) is 34.4 Å². The molecule has 0 spiro atoms. The third-order valence-electron chi connectivity index (χ3n) is 4.92. The van der Waals surface area contributed by atoms with Crippen LogP contribution < -0.4 is 10.1 Å². The van der Waals surface area contributed by atoms with Crippen LogP contribution in [0.1, 0.15) is 11.1 Å². The minimum absolute atomic E-state index is 0.154. The lowest BCUT2D eigenvalue weighted by molar-refractivity contribution is -0.123. The van der Waals surface area contributed by atoms with Gasteiger partial charge in [0.25, 0.3) is 17.1 Å². The maximum absolute atomic E-state index is 13.9. The van der Waals surface area contributed by atoms with Gasteiger partial charge in [0.1, 0.15) is 11.6 Å². The highest BCUT2D eigenvalue weighted by Crippen LogP contribution is 2.35. The molecule has 0 aromatic heterocycles. The van der Waals surface area contributed by atoms with Crippen LogP contribution >= 0.6 is 35.0 Å². The smallest absolute Gasteiger partial charge is 0.293 e. The molecule has 0 radical (unpaired) electrons. The number of ether oxygens (including phenoxy) is 1. The van der Waals surface area contributed by atoms with Crippen molar-refractivity contribution >= 4 is 63.8 Å². The van der Waals surface area contributed by atoms with Crippen LogP contribution in [0, 0.1) is 5.82 Å². The summed E-state index contributed by atoms with van der Waals surface area (Å²) in [5.74, 6) is -1.15. The zero-order valence-corrected chi connectivity index (χ0v) is 20.3. The molecule has 4 rings (SSSR count). The van der Waals surface area contributed by atoms with E-state index in [2.05, 4.69) is 5.32 Å². The van der Waals surface area contributed by atoms with Gasteiger partial charge < -0.3 is 10.1 Å². The molecular weight excluding hydrogens is 514 g/mol. The number of hydrogen-bond donors (Lipinski definition) is 1. The highest BCUT2D eigenvalue weighted by atomic mass is 35.5. The van der Waals surface area contributed by atoms with Gasteiger partial charge in [0.2, 0.25) is 0 Å². The summed E-state index contributed by atoms with van der Waals surface area (Å²) in [5.41, 5.74) is 1.27. The number of hydrogen-bond acceptors (Lipinski definition) is 5. The van der Waals surface area contributed by atoms with Gasteiger partial charge in [0.15, 0.2) is 6.61 Å². The SMILES string of the molecule is O=C(COc1ccc(/C=C2\SC(=O)N(Cc3ccccc3F)C2=O)cc1Cl)Nc1ccccc1Cl. The maximum Gasteiger partial charge on any atom is 0.293 e. The van der Waals surface area contributed by atoms with E-state index < -0.39 is 22.9 Å². The summed E-state index contributed by atoms with van der Waals surface area (Å²) < 4.78 is 19.4. The summed E-state index contributed by atoms with van der Waals surface area (Å²) in [6.45, 7) is -0.447. The lowest BCUT2D eigenvalue weighted by atomic mass is 10.2. The molecule has 3 aromatic carbocycles. The van der Waals surface area contributed by atoms with Crippen molar-refractivity contribution in [2.24, 2.45) is 0 Å². The van der Waals surface area contributed by atoms with Crippen LogP contribution in [-0.2, 0) is 16.1 Å². The van der Waals surface area contributed by atoms with Gasteiger partial charge >= 0.3 is 0 Å². The highest BCUT2D eigenvalue weighted by molar-refractivity contribution is 8.18. The van der Waals surface area contributed by atoms with Gasteiger partial charge in [-0.3, -0.25) is 19.3 Å². The third kappa shape index (κ3) is 6.03. The topological polar surface area (TPSA) is 75.7 Å². The van der Waals surface area contributed by atoms with Crippen molar-refractivity contribution in [3.63, 3.8) is 0 Å². The van der Waals surface area contributed by atoms with E-state index in [1.165, 1.54) is 24.3 Å². The van der Waals surface area contributed by atoms with Crippen LogP contribution in [0.3, 0.4) is 0 Å². The Morgan fingerprint density at radius 1 is 1.03 bits per heavy atom. The summed E-state index contributed by atoms with van der Waals surface area (Å²) in [6.07, 6.45) is 1.52. The van der Waals surface area contributed by atoms with Gasteiger partial charge in [0.05, 0.1) is 27.2 Å². The van der Waals surface area contributed by atoms with E-state index in [0.29, 0.717) is 16.3 Å². The molecule has 1 N–H and O–H groups in total. The maximum atomic E-state index is 13.9. The number of amides is 3. The fourth-order valence-corrected chi connectivity index (χ4v) is 4.47. The van der Waals surface area contributed by atoms with Gasteiger partial charge in [-0.2, -0.15) is 0 Å². The fraction of sp³-hybridized carbons (Fsp3) is 0.0800. The molecule has 1 aliphatic rings. The molecule has 1 saturated heterocycles. The predicted molar refractivity (Wildman–Crippen MR) is 135 cm³/mol. The zero-order valence-electron chi connectivity index (χ0n) is 18.0. The molecule has 3 aromatic rings. The number of carbonyl (C=O) groups excluding carboxylic acids is 3. The number of rotatable bonds is 7. The number of nitrogens with zero attached hydrogens (tertiary/aromatic N) is 1. The highest BCUT2D eigenvalue weighted by Gasteiger charge is 2.35. The van der Waals surface area contributed by atoms with E-state index in [1.54, 1.807) is 48.5 Å². The Kier molecular flexibility index (Phi) is 7.75. The number of thioether (sulfide) groups is 1. The fourth-order valence-electron chi connectivity index (χ4n) is 3.20. The van der Waals surface area contributed by atoms with Gasteiger partial charge in [-0.15, -0.1) is 0 Å². The molecule has 0 bridgehead atoms. The van der Waals surface area contributed by atoms with Crippen LogP contribution in [0.2, 0.25) is 10.0 Å². The molecule has 178 valence electrons. The van der Waals surface area contributed by atoms with Crippen molar-refractivity contribution in [3.05, 3.63) is 98.6 Å². The lowest BCUT2D eigenvalue weighted by Crippen LogP contribution is -2.27. The first-order chi connectivity index (χ1) is 16.8. The Morgan fingerprint density at radius 3 is 2.51 bits per heavy atom. The number of nitrogens with one attached hydrogen (secondary N) is 1. The Labute approximate surface area is 214 Å². The van der Waals surface area contributed by atoms with Crippen molar-refractivity contribution in [2.45, 2.75) is 6.54 Å². The average Bonchev–Trinajstić information content (AvgIpc) is 3.08. The summed E-state index contributed by atoms with van der Waals surface area (Å²) in [7, 11) is 0. The molecule has 1 heterocycles. The third-order valence-corrected chi connectivity index (χ3v) is 6.45. The minimum atomic E-state index is -0.518. The lowest BCUT2D eigenvalue weighted by Gasteiger charge is -2.12. The Hall–Kier alpha value is -3.33. The molecule has 0 unspecified atom stereocenters. The first-order valence-corrected chi connectivity index (χ1v) is 11.8. The van der Waals surface area contributed by atoms with Gasteiger partial charge in [-0.1, -0.05) is 59.6 Å². The van der Waals surface area contributed by atoms with Crippen LogP contribution in [0.5, 0.6) is 5.75 Å². The second-order valence-electron chi connectivity index (χ2n) is 7.37. The van der Waals surface area contributed by atoms with Crippen molar-refractivity contribution in [3.8, 4) is 5.75 Å². The van der Waals surface area contributed by atoms with Crippen molar-refractivity contribution < 1.29 is 23.5 Å². The zero-order chi connectivity index (χ0) is 24.9. The van der Waals surface area contributed by atoms with Gasteiger partial charge in [-0.05, 0) is 53.7 Å². The first kappa shape index (κ1) is 24.8. The summed E-state index contributed by atoms with van der Waals surface area (Å²) in [4.78, 5) is 38.4. The van der Waals surface area contributed by atoms with E-state index in [0.717, 1.165) is 16.7 Å². The molecule has 3 amide bonds.